The molecule has 0 nitrogen and oxygen atoms in total. The Bertz CT molecular complexity index is 353. The number of rotatable bonds is 0. The molecule has 4 saturated heterocycles. The van der Waals surface area contributed by atoms with Crippen LogP contribution >= 0.6 is 42.6 Å². The zero-order valence-corrected chi connectivity index (χ0v) is 21.9. The highest BCUT2D eigenvalue weighted by molar-refractivity contribution is 9.15. The van der Waals surface area contributed by atoms with E-state index in [9.17, 15) is 0 Å². The third kappa shape index (κ3) is 1.49. The summed E-state index contributed by atoms with van der Waals surface area (Å²) < 4.78 is 0. The Morgan fingerprint density at radius 2 is 0.556 bits per heavy atom. The van der Waals surface area contributed by atoms with Crippen LogP contribution in [0, 0.1) is 0 Å². The minimum Gasteiger partial charge on any atom is -0.190 e. The van der Waals surface area contributed by atoms with E-state index in [1.807, 2.05) is 0 Å². The van der Waals surface area contributed by atoms with Crippen molar-refractivity contribution in [3.05, 3.63) is 0 Å². The first-order valence-electron chi connectivity index (χ1n) is 6.63. The van der Waals surface area contributed by atoms with E-state index >= 15 is 0 Å². The third-order valence-corrected chi connectivity index (χ3v) is 191. The van der Waals surface area contributed by atoms with Crippen molar-refractivity contribution in [2.24, 2.45) is 0 Å². The first-order chi connectivity index (χ1) is 7.83. The first kappa shape index (κ1) is 15.6. The zero-order chi connectivity index (χ0) is 13.8. The predicted molar refractivity (Wildman–Crippen MR) is 112 cm³/mol. The van der Waals surface area contributed by atoms with E-state index in [1.165, 1.54) is 0 Å². The van der Waals surface area contributed by atoms with Gasteiger partial charge in [0.1, 0.15) is 0 Å². The van der Waals surface area contributed by atoms with Crippen LogP contribution in [0.5, 0.6) is 0 Å². The standard InChI is InChI=1S/C8H24S4Si6/c1-13(2)15(5)9-17(7)11-16(13,6)12-18(8,10-15)14(17,3)4/h1-8H3. The summed E-state index contributed by atoms with van der Waals surface area (Å²) in [7, 11) is 8.96. The van der Waals surface area contributed by atoms with Crippen molar-refractivity contribution in [1.29, 1.82) is 0 Å². The number of hydrogen-bond acceptors (Lipinski definition) is 4. The van der Waals surface area contributed by atoms with Crippen LogP contribution in [0.4, 0.5) is 0 Å². The fourth-order valence-corrected chi connectivity index (χ4v) is 369. The molecule has 0 unspecified atom stereocenters. The molecule has 0 aliphatic carbocycles. The second-order valence-electron chi connectivity index (χ2n) is 7.44. The average molecular weight is 417 g/mol. The SMILES string of the molecule is C[Si]12S[Si]3(C)S[Si](C)(S[Si](C)(S1)[Si]3(C)C)[Si]2(C)C. The topological polar surface area (TPSA) is 0 Å². The highest BCUT2D eigenvalue weighted by atomic mass is 33.0. The normalized spacial score (nSPS) is 60.0. The van der Waals surface area contributed by atoms with Crippen LogP contribution < -0.4 is 0 Å². The van der Waals surface area contributed by atoms with Crippen molar-refractivity contribution in [3.63, 3.8) is 0 Å². The fraction of sp³-hybridized carbons (Fsp3) is 1.00. The summed E-state index contributed by atoms with van der Waals surface area (Å²) in [5.74, 6) is -3.93. The van der Waals surface area contributed by atoms with Gasteiger partial charge in [-0.1, -0.05) is 52.4 Å². The van der Waals surface area contributed by atoms with Crippen molar-refractivity contribution in [2.75, 3.05) is 0 Å². The highest BCUT2D eigenvalue weighted by Crippen LogP contribution is 2.77. The lowest BCUT2D eigenvalue weighted by molar-refractivity contribution is 1.95. The molecule has 0 atom stereocenters. The summed E-state index contributed by atoms with van der Waals surface area (Å²) in [5.41, 5.74) is 0. The van der Waals surface area contributed by atoms with Gasteiger partial charge in [-0.15, -0.1) is 0 Å². The molecule has 104 valence electrons. The largest absolute Gasteiger partial charge is 0.190 e. The molecule has 0 amide bonds. The molecule has 10 heteroatoms. The van der Waals surface area contributed by atoms with Gasteiger partial charge in [0, 0.05) is 0 Å². The summed E-state index contributed by atoms with van der Waals surface area (Å²) in [4.78, 5) is 0. The molecular formula is C8H24S4Si6. The maximum absolute atomic E-state index is 2.82. The lowest BCUT2D eigenvalue weighted by atomic mass is 11.9. The van der Waals surface area contributed by atoms with Crippen LogP contribution in [-0.2, 0) is 0 Å². The molecule has 4 aliphatic heterocycles. The summed E-state index contributed by atoms with van der Waals surface area (Å²) in [6.07, 6.45) is 0. The molecule has 0 spiro atoms. The minimum atomic E-state index is -0.983. The van der Waals surface area contributed by atoms with Gasteiger partial charge in [-0.05, 0) is 0 Å². The maximum atomic E-state index is 2.82. The molecule has 4 fully saturated rings. The molecular weight excluding hydrogens is 393 g/mol. The van der Waals surface area contributed by atoms with Crippen molar-refractivity contribution < 1.29 is 0 Å². The predicted octanol–water partition coefficient (Wildman–Crippen LogP) is 4.98. The second kappa shape index (κ2) is 3.78. The van der Waals surface area contributed by atoms with E-state index in [0.717, 1.165) is 0 Å². The second-order valence-corrected chi connectivity index (χ2v) is 93.5. The molecule has 18 heavy (non-hydrogen) atoms. The van der Waals surface area contributed by atoms with Crippen LogP contribution in [-0.4, -0.2) is 37.8 Å². The molecule has 0 radical (unpaired) electrons. The van der Waals surface area contributed by atoms with Crippen LogP contribution in [0.3, 0.4) is 0 Å². The lowest BCUT2D eigenvalue weighted by Gasteiger charge is -2.74. The van der Waals surface area contributed by atoms with Crippen LogP contribution in [0.15, 0.2) is 0 Å². The molecule has 0 aromatic carbocycles. The summed E-state index contributed by atoms with van der Waals surface area (Å²) in [6, 6.07) is 0. The van der Waals surface area contributed by atoms with Gasteiger partial charge in [0.15, 0.2) is 23.6 Å². The van der Waals surface area contributed by atoms with E-state index in [0.29, 0.717) is 0 Å². The van der Waals surface area contributed by atoms with Gasteiger partial charge in [0.2, 0.25) is 0 Å². The quantitative estimate of drug-likeness (QED) is 0.510. The molecule has 4 heterocycles. The Hall–Kier alpha value is 2.70. The van der Waals surface area contributed by atoms with Gasteiger partial charge in [-0.25, -0.2) is 0 Å². The Morgan fingerprint density at radius 1 is 0.389 bits per heavy atom. The molecule has 0 aromatic heterocycles. The monoisotopic (exact) mass is 416 g/mol. The molecule has 0 aromatic rings. The number of hydrogen-bond donors (Lipinski definition) is 0. The van der Waals surface area contributed by atoms with E-state index in [1.54, 1.807) is 0 Å². The van der Waals surface area contributed by atoms with Crippen LogP contribution in [0.1, 0.15) is 0 Å². The Balaban J connectivity index is 2.24. The van der Waals surface area contributed by atoms with Crippen molar-refractivity contribution in [3.8, 4) is 0 Å². The fourth-order valence-electron chi connectivity index (χ4n) is 3.42. The minimum absolute atomic E-state index is 0.932. The average Bonchev–Trinajstić information content (AvgIpc) is 2.09. The zero-order valence-electron chi connectivity index (χ0n) is 12.6. The molecule has 4 rings (SSSR count). The van der Waals surface area contributed by atoms with E-state index < -0.39 is 37.8 Å². The van der Waals surface area contributed by atoms with Gasteiger partial charge >= 0.3 is 0 Å². The molecule has 4 bridgehead atoms. The maximum Gasteiger partial charge on any atom is 0.151 e. The highest BCUT2D eigenvalue weighted by Gasteiger charge is 2.82. The van der Waals surface area contributed by atoms with Crippen molar-refractivity contribution >= 4 is 80.4 Å². The van der Waals surface area contributed by atoms with E-state index in [-0.39, 0.29) is 0 Å². The van der Waals surface area contributed by atoms with Crippen LogP contribution in [0.2, 0.25) is 52.4 Å². The summed E-state index contributed by atoms with van der Waals surface area (Å²) in [5, 5.41) is 0. The molecule has 0 saturated carbocycles. The molecule has 0 N–H and O–H groups in total. The smallest absolute Gasteiger partial charge is 0.151 e. The lowest BCUT2D eigenvalue weighted by Crippen LogP contribution is -2.90. The Labute approximate surface area is 131 Å². The van der Waals surface area contributed by atoms with Crippen molar-refractivity contribution in [1.82, 2.24) is 0 Å². The van der Waals surface area contributed by atoms with E-state index in [2.05, 4.69) is 95.0 Å². The van der Waals surface area contributed by atoms with Gasteiger partial charge in [-0.3, -0.25) is 0 Å². The van der Waals surface area contributed by atoms with Crippen LogP contribution in [0.25, 0.3) is 0 Å². The van der Waals surface area contributed by atoms with Gasteiger partial charge in [0.05, 0.1) is 14.2 Å². The summed E-state index contributed by atoms with van der Waals surface area (Å²) in [6.45, 7) is 22.5. The summed E-state index contributed by atoms with van der Waals surface area (Å²) >= 11 is 0. The Kier molecular flexibility index (Phi) is 3.27. The van der Waals surface area contributed by atoms with Crippen molar-refractivity contribution in [2.45, 2.75) is 52.4 Å². The van der Waals surface area contributed by atoms with Gasteiger partial charge in [-0.2, -0.15) is 42.6 Å². The van der Waals surface area contributed by atoms with Gasteiger partial charge < -0.3 is 0 Å². The Morgan fingerprint density at radius 3 is 0.722 bits per heavy atom. The first-order valence-corrected chi connectivity index (χ1v) is 35.7. The van der Waals surface area contributed by atoms with E-state index in [4.69, 9.17) is 0 Å². The third-order valence-electron chi connectivity index (χ3n) is 6.10. The molecule has 4 aliphatic rings. The van der Waals surface area contributed by atoms with Gasteiger partial charge in [0.25, 0.3) is 0 Å².